The highest BCUT2D eigenvalue weighted by atomic mass is 16.7. The molecule has 0 radical (unpaired) electrons. The molecule has 0 saturated carbocycles. The van der Waals surface area contributed by atoms with Crippen molar-refractivity contribution in [1.29, 1.82) is 0 Å². The zero-order valence-corrected chi connectivity index (χ0v) is 28.6. The second kappa shape index (κ2) is 18.6. The summed E-state index contributed by atoms with van der Waals surface area (Å²) in [4.78, 5) is 24.8. The molecule has 0 aromatic rings. The Morgan fingerprint density at radius 1 is 0.980 bits per heavy atom. The predicted molar refractivity (Wildman–Crippen MR) is 179 cm³/mol. The molecule has 50 heavy (non-hydrogen) atoms. The van der Waals surface area contributed by atoms with Gasteiger partial charge in [-0.25, -0.2) is 4.79 Å². The Balaban J connectivity index is 1.58. The molecule has 2 bridgehead atoms. The Morgan fingerprint density at radius 3 is 2.42 bits per heavy atom. The van der Waals surface area contributed by atoms with Gasteiger partial charge in [-0.05, 0) is 19.4 Å². The van der Waals surface area contributed by atoms with Crippen molar-refractivity contribution >= 4 is 11.9 Å². The normalized spacial score (nSPS) is 45.1. The number of allylic oxidation sites excluding steroid dienone is 6. The molecule has 4 rings (SSSR count). The van der Waals surface area contributed by atoms with Gasteiger partial charge in [-0.15, -0.1) is 0 Å². The zero-order valence-electron chi connectivity index (χ0n) is 28.6. The van der Waals surface area contributed by atoms with Crippen LogP contribution in [0.25, 0.3) is 0 Å². The standard InChI is InChI=1S/C36H53NO13/c1-3-4-12-23-13-10-8-6-5-7-9-11-14-24(48-35-33(42)31(37)32(41)21(2)46-35)18-28-30(34(43)44)25(39)20-36(45,50-28)19-22(38)17-27-26(49-27)15-16-29(40)47-23/h5-11,14-16,21-28,30-33,35,38-39,41-42,45H,3-4,12-13,17-20,37H2,1-2H3,(H,43,44)/b6-5-,9-7-,10-8-,14-11-,16-15-/t21-,22?,23?,24?,25?,26?,27?,28?,30?,31+,32-,33+,35+,36?/m1/s1. The van der Waals surface area contributed by atoms with Gasteiger partial charge in [0.1, 0.15) is 24.2 Å². The van der Waals surface area contributed by atoms with Crippen LogP contribution in [0.3, 0.4) is 0 Å². The maximum atomic E-state index is 12.5. The van der Waals surface area contributed by atoms with Gasteiger partial charge in [0, 0.05) is 38.2 Å². The molecule has 0 aromatic heterocycles. The Hall–Kier alpha value is -2.76. The van der Waals surface area contributed by atoms with Gasteiger partial charge in [0.05, 0.1) is 48.8 Å². The van der Waals surface area contributed by atoms with Crippen LogP contribution in [-0.2, 0) is 33.3 Å². The number of nitrogens with two attached hydrogens (primary N) is 1. The summed E-state index contributed by atoms with van der Waals surface area (Å²) in [5.41, 5.74) is 6.00. The topological polar surface area (TPSA) is 231 Å². The Bertz CT molecular complexity index is 1270. The van der Waals surface area contributed by atoms with Crippen molar-refractivity contribution in [2.75, 3.05) is 0 Å². The summed E-state index contributed by atoms with van der Waals surface area (Å²) in [5.74, 6) is -5.41. The number of hydrogen-bond acceptors (Lipinski definition) is 13. The first-order valence-corrected chi connectivity index (χ1v) is 17.4. The third kappa shape index (κ3) is 11.6. The lowest BCUT2D eigenvalue weighted by atomic mass is 9.83. The minimum atomic E-state index is -2.10. The van der Waals surface area contributed by atoms with E-state index in [1.807, 2.05) is 18.2 Å². The lowest BCUT2D eigenvalue weighted by Crippen LogP contribution is -2.61. The number of carbonyl (C=O) groups excluding carboxylic acids is 1. The number of aliphatic hydroxyl groups excluding tert-OH is 4. The fourth-order valence-corrected chi connectivity index (χ4v) is 6.54. The third-order valence-electron chi connectivity index (χ3n) is 9.35. The highest BCUT2D eigenvalue weighted by Crippen LogP contribution is 2.39. The average Bonchev–Trinajstić information content (AvgIpc) is 3.78. The Morgan fingerprint density at radius 2 is 1.70 bits per heavy atom. The van der Waals surface area contributed by atoms with Crippen LogP contribution in [0, 0.1) is 5.92 Å². The second-order valence-electron chi connectivity index (χ2n) is 13.5. The minimum Gasteiger partial charge on any atom is -0.481 e. The first-order chi connectivity index (χ1) is 23.8. The molecule has 4 aliphatic rings. The van der Waals surface area contributed by atoms with E-state index in [1.54, 1.807) is 43.4 Å². The van der Waals surface area contributed by atoms with E-state index in [0.717, 1.165) is 19.3 Å². The number of rotatable bonds is 6. The fourth-order valence-electron chi connectivity index (χ4n) is 6.54. The van der Waals surface area contributed by atoms with E-state index in [9.17, 15) is 40.2 Å². The number of carboxylic acids is 1. The molecule has 0 aromatic carbocycles. The number of ether oxygens (including phenoxy) is 5. The summed E-state index contributed by atoms with van der Waals surface area (Å²) in [7, 11) is 0. The van der Waals surface area contributed by atoms with E-state index in [2.05, 4.69) is 6.92 Å². The molecule has 3 fully saturated rings. The largest absolute Gasteiger partial charge is 0.481 e. The van der Waals surface area contributed by atoms with Crippen molar-refractivity contribution in [3.8, 4) is 0 Å². The monoisotopic (exact) mass is 707 g/mol. The summed E-state index contributed by atoms with van der Waals surface area (Å²) in [6.45, 7) is 3.64. The van der Waals surface area contributed by atoms with Crippen molar-refractivity contribution in [3.05, 3.63) is 60.8 Å². The van der Waals surface area contributed by atoms with Gasteiger partial charge in [0.15, 0.2) is 12.1 Å². The highest BCUT2D eigenvalue weighted by Gasteiger charge is 2.51. The molecule has 14 nitrogen and oxygen atoms in total. The summed E-state index contributed by atoms with van der Waals surface area (Å²) in [6.07, 6.45) is 8.24. The number of carbonyl (C=O) groups is 2. The van der Waals surface area contributed by atoms with Crippen molar-refractivity contribution in [3.63, 3.8) is 0 Å². The van der Waals surface area contributed by atoms with Gasteiger partial charge in [-0.2, -0.15) is 0 Å². The van der Waals surface area contributed by atoms with Crippen LogP contribution in [0.1, 0.15) is 65.2 Å². The number of epoxide rings is 1. The van der Waals surface area contributed by atoms with Crippen LogP contribution in [0.15, 0.2) is 60.8 Å². The average molecular weight is 708 g/mol. The maximum Gasteiger partial charge on any atom is 0.330 e. The molecule has 280 valence electrons. The molecule has 4 heterocycles. The van der Waals surface area contributed by atoms with Gasteiger partial charge in [0.2, 0.25) is 0 Å². The lowest BCUT2D eigenvalue weighted by molar-refractivity contribution is -0.308. The summed E-state index contributed by atoms with van der Waals surface area (Å²) in [6, 6.07) is -1.08. The molecule has 3 saturated heterocycles. The van der Waals surface area contributed by atoms with Crippen molar-refractivity contribution in [1.82, 2.24) is 0 Å². The highest BCUT2D eigenvalue weighted by molar-refractivity contribution is 5.82. The van der Waals surface area contributed by atoms with E-state index >= 15 is 0 Å². The van der Waals surface area contributed by atoms with Crippen LogP contribution in [0.4, 0.5) is 0 Å². The van der Waals surface area contributed by atoms with E-state index in [4.69, 9.17) is 29.4 Å². The fraction of sp³-hybridized carbons (Fsp3) is 0.667. The molecule has 14 heteroatoms. The first kappa shape index (κ1) is 40.0. The molecular formula is C36H53NO13. The Kier molecular flexibility index (Phi) is 14.9. The number of hydrogen-bond donors (Lipinski definition) is 7. The molecular weight excluding hydrogens is 654 g/mol. The SMILES string of the molecule is CCCCC1C\C=C/C=C\C=C/C=C\C(O[C@@H]2O[C@H](C)[C@@H](O)[C@H](N)[C@@H]2O)CC2OC(O)(CC(O)CC3OC3/C=C\C(=O)O1)CC(O)C2C(=O)O. The molecule has 14 atom stereocenters. The zero-order chi connectivity index (χ0) is 36.4. The second-order valence-corrected chi connectivity index (χ2v) is 13.5. The van der Waals surface area contributed by atoms with E-state index in [0.29, 0.717) is 6.42 Å². The lowest BCUT2D eigenvalue weighted by Gasteiger charge is -2.45. The van der Waals surface area contributed by atoms with Crippen LogP contribution >= 0.6 is 0 Å². The first-order valence-electron chi connectivity index (χ1n) is 17.4. The maximum absolute atomic E-state index is 12.5. The summed E-state index contributed by atoms with van der Waals surface area (Å²) in [5, 5.41) is 64.2. The summed E-state index contributed by atoms with van der Waals surface area (Å²) >= 11 is 0. The van der Waals surface area contributed by atoms with Gasteiger partial charge in [0.25, 0.3) is 0 Å². The smallest absolute Gasteiger partial charge is 0.330 e. The number of esters is 1. The van der Waals surface area contributed by atoms with Crippen molar-refractivity contribution in [2.24, 2.45) is 11.7 Å². The number of aliphatic carboxylic acids is 1. The van der Waals surface area contributed by atoms with Gasteiger partial charge in [-0.3, -0.25) is 4.79 Å². The van der Waals surface area contributed by atoms with E-state index in [-0.39, 0.29) is 25.4 Å². The number of carboxylic acid groups (broad SMARTS) is 1. The van der Waals surface area contributed by atoms with Gasteiger partial charge in [-0.1, -0.05) is 68.4 Å². The molecule has 0 aliphatic carbocycles. The number of unbranched alkanes of at least 4 members (excludes halogenated alkanes) is 1. The molecule has 0 amide bonds. The summed E-state index contributed by atoms with van der Waals surface area (Å²) < 4.78 is 29.0. The molecule has 4 aliphatic heterocycles. The minimum absolute atomic E-state index is 0.0816. The van der Waals surface area contributed by atoms with E-state index < -0.39 is 97.3 Å². The molecule has 8 N–H and O–H groups in total. The third-order valence-corrected chi connectivity index (χ3v) is 9.35. The molecule has 0 spiro atoms. The quantitative estimate of drug-likeness (QED) is 0.152. The van der Waals surface area contributed by atoms with Gasteiger partial charge < -0.3 is 60.1 Å². The van der Waals surface area contributed by atoms with Crippen LogP contribution in [0.2, 0.25) is 0 Å². The predicted octanol–water partition coefficient (Wildman–Crippen LogP) is 1.29. The molecule has 9 unspecified atom stereocenters. The van der Waals surface area contributed by atoms with Crippen LogP contribution < -0.4 is 5.73 Å². The van der Waals surface area contributed by atoms with Crippen molar-refractivity contribution in [2.45, 2.75) is 144 Å². The van der Waals surface area contributed by atoms with E-state index in [1.165, 1.54) is 6.08 Å². The number of cyclic esters (lactones) is 1. The van der Waals surface area contributed by atoms with Crippen molar-refractivity contribution < 1.29 is 63.9 Å². The Labute approximate surface area is 292 Å². The van der Waals surface area contributed by atoms with Gasteiger partial charge >= 0.3 is 11.9 Å². The van der Waals surface area contributed by atoms with Crippen LogP contribution in [-0.4, -0.2) is 122 Å². The number of fused-ring (bicyclic) bond motifs is 3. The van der Waals surface area contributed by atoms with Crippen LogP contribution in [0.5, 0.6) is 0 Å². The number of aliphatic hydroxyl groups is 5.